The minimum atomic E-state index is 0.860. The lowest BCUT2D eigenvalue weighted by Crippen LogP contribution is -2.11. The van der Waals surface area contributed by atoms with Gasteiger partial charge in [-0.2, -0.15) is 0 Å². The number of rotatable bonds is 5. The molecule has 52 heavy (non-hydrogen) atoms. The lowest BCUT2D eigenvalue weighted by Gasteiger charge is -2.27. The van der Waals surface area contributed by atoms with Crippen molar-refractivity contribution in [3.8, 4) is 22.3 Å². The summed E-state index contributed by atoms with van der Waals surface area (Å²) in [5.74, 6) is 0. The Bertz CT molecular complexity index is 3130. The van der Waals surface area contributed by atoms with Gasteiger partial charge in [0.2, 0.25) is 0 Å². The predicted octanol–water partition coefficient (Wildman–Crippen LogP) is 14.7. The molecule has 4 heteroatoms. The second-order valence-corrected chi connectivity index (χ2v) is 14.3. The third-order valence-corrected chi connectivity index (χ3v) is 11.5. The van der Waals surface area contributed by atoms with E-state index in [9.17, 15) is 0 Å². The molecule has 11 rings (SSSR count). The molecule has 11 aromatic rings. The van der Waals surface area contributed by atoms with Crippen LogP contribution in [0.4, 0.5) is 17.1 Å². The zero-order valence-electron chi connectivity index (χ0n) is 27.9. The van der Waals surface area contributed by atoms with Crippen LogP contribution in [0.25, 0.3) is 86.3 Å². The summed E-state index contributed by atoms with van der Waals surface area (Å²) in [7, 11) is 0. The van der Waals surface area contributed by atoms with Gasteiger partial charge in [0.25, 0.3) is 0 Å². The van der Waals surface area contributed by atoms with Crippen molar-refractivity contribution in [1.82, 2.24) is 0 Å². The second-order valence-electron chi connectivity index (χ2n) is 13.2. The summed E-state index contributed by atoms with van der Waals surface area (Å²) in [6.45, 7) is 0. The zero-order chi connectivity index (χ0) is 34.2. The standard InChI is InChI=1S/C48H29NO2S/c1-3-12-30(13-4-1)32-22-24-35-38-29-33(23-27-42(38)51-44(35)28-32)49(39-18-11-20-43-46(39)36-16-7-9-19-41(36)50-43)40-26-25-34(31-14-5-2-6-15-31)48-47(40)37-17-8-10-21-45(37)52-48/h1-29H. The molecule has 244 valence electrons. The molecule has 0 N–H and O–H groups in total. The summed E-state index contributed by atoms with van der Waals surface area (Å²) in [5.41, 5.74) is 11.4. The highest BCUT2D eigenvalue weighted by atomic mass is 32.1. The fourth-order valence-electron chi connectivity index (χ4n) is 7.91. The molecule has 0 saturated carbocycles. The van der Waals surface area contributed by atoms with Gasteiger partial charge in [0.05, 0.1) is 16.8 Å². The summed E-state index contributed by atoms with van der Waals surface area (Å²) in [4.78, 5) is 2.43. The molecule has 0 spiro atoms. The van der Waals surface area contributed by atoms with E-state index in [-0.39, 0.29) is 0 Å². The number of para-hydroxylation sites is 1. The summed E-state index contributed by atoms with van der Waals surface area (Å²) in [6, 6.07) is 62.4. The fraction of sp³-hybridized carbons (Fsp3) is 0. The molecule has 3 heterocycles. The van der Waals surface area contributed by atoms with Gasteiger partial charge in [-0.1, -0.05) is 115 Å². The summed E-state index contributed by atoms with van der Waals surface area (Å²) < 4.78 is 15.5. The molecule has 0 amide bonds. The van der Waals surface area contributed by atoms with Crippen LogP contribution in [-0.2, 0) is 0 Å². The van der Waals surface area contributed by atoms with Crippen LogP contribution >= 0.6 is 11.3 Å². The van der Waals surface area contributed by atoms with Crippen molar-refractivity contribution < 1.29 is 8.83 Å². The minimum absolute atomic E-state index is 0.860. The molecule has 0 bridgehead atoms. The van der Waals surface area contributed by atoms with Gasteiger partial charge in [-0.15, -0.1) is 11.3 Å². The summed E-state index contributed by atoms with van der Waals surface area (Å²) in [6.07, 6.45) is 0. The van der Waals surface area contributed by atoms with Crippen LogP contribution in [0, 0.1) is 0 Å². The van der Waals surface area contributed by atoms with E-state index in [1.165, 1.54) is 36.9 Å². The van der Waals surface area contributed by atoms with Gasteiger partial charge in [0.1, 0.15) is 22.3 Å². The number of hydrogen-bond acceptors (Lipinski definition) is 4. The van der Waals surface area contributed by atoms with Gasteiger partial charge in [-0.25, -0.2) is 0 Å². The molecule has 0 fully saturated rings. The number of thiophene rings is 1. The number of benzene rings is 8. The average Bonchev–Trinajstić information content (AvgIpc) is 3.90. The molecule has 0 aliphatic rings. The van der Waals surface area contributed by atoms with Crippen molar-refractivity contribution in [2.75, 3.05) is 4.90 Å². The maximum Gasteiger partial charge on any atom is 0.137 e. The van der Waals surface area contributed by atoms with Crippen molar-refractivity contribution in [1.29, 1.82) is 0 Å². The van der Waals surface area contributed by atoms with E-state index in [1.807, 2.05) is 23.5 Å². The van der Waals surface area contributed by atoms with Gasteiger partial charge in [0, 0.05) is 42.0 Å². The van der Waals surface area contributed by atoms with Gasteiger partial charge in [-0.3, -0.25) is 0 Å². The van der Waals surface area contributed by atoms with E-state index in [2.05, 4.69) is 169 Å². The van der Waals surface area contributed by atoms with Crippen LogP contribution in [-0.4, -0.2) is 0 Å². The Balaban J connectivity index is 1.21. The number of anilines is 3. The highest BCUT2D eigenvalue weighted by Crippen LogP contribution is 2.51. The average molecular weight is 684 g/mol. The van der Waals surface area contributed by atoms with Crippen molar-refractivity contribution in [3.05, 3.63) is 176 Å². The van der Waals surface area contributed by atoms with Gasteiger partial charge in [0.15, 0.2) is 0 Å². The molecule has 0 atom stereocenters. The highest BCUT2D eigenvalue weighted by Gasteiger charge is 2.24. The third-order valence-electron chi connectivity index (χ3n) is 10.3. The van der Waals surface area contributed by atoms with E-state index in [1.54, 1.807) is 0 Å². The molecule has 0 unspecified atom stereocenters. The zero-order valence-corrected chi connectivity index (χ0v) is 28.7. The summed E-state index contributed by atoms with van der Waals surface area (Å²) in [5, 5.41) is 6.82. The number of nitrogens with zero attached hydrogens (tertiary/aromatic N) is 1. The monoisotopic (exact) mass is 683 g/mol. The maximum absolute atomic E-state index is 6.52. The van der Waals surface area contributed by atoms with Gasteiger partial charge < -0.3 is 13.7 Å². The van der Waals surface area contributed by atoms with Gasteiger partial charge in [-0.05, 0) is 82.9 Å². The van der Waals surface area contributed by atoms with E-state index in [0.29, 0.717) is 0 Å². The molecule has 8 aromatic carbocycles. The first-order valence-electron chi connectivity index (χ1n) is 17.5. The molecule has 0 radical (unpaired) electrons. The Morgan fingerprint density at radius 3 is 1.94 bits per heavy atom. The molecule has 3 aromatic heterocycles. The van der Waals surface area contributed by atoms with Crippen LogP contribution in [0.2, 0.25) is 0 Å². The van der Waals surface area contributed by atoms with Crippen LogP contribution in [0.3, 0.4) is 0 Å². The second kappa shape index (κ2) is 11.5. The molecule has 0 aliphatic carbocycles. The fourth-order valence-corrected chi connectivity index (χ4v) is 9.17. The number of hydrogen-bond donors (Lipinski definition) is 0. The van der Waals surface area contributed by atoms with E-state index in [4.69, 9.17) is 8.83 Å². The predicted molar refractivity (Wildman–Crippen MR) is 219 cm³/mol. The topological polar surface area (TPSA) is 29.5 Å². The first-order chi connectivity index (χ1) is 25.8. The van der Waals surface area contributed by atoms with Crippen molar-refractivity contribution in [3.63, 3.8) is 0 Å². The largest absolute Gasteiger partial charge is 0.456 e. The van der Waals surface area contributed by atoms with E-state index in [0.717, 1.165) is 66.5 Å². The SMILES string of the molecule is c1ccc(-c2ccc3c(c2)oc2ccc(N(c4cccc5oc6ccccc6c45)c4ccc(-c5ccccc5)c5sc6ccccc6c45)cc23)cc1. The minimum Gasteiger partial charge on any atom is -0.456 e. The Kier molecular flexibility index (Phi) is 6.42. The Hall–Kier alpha value is -6.62. The Labute approximate surface area is 303 Å². The van der Waals surface area contributed by atoms with E-state index >= 15 is 0 Å². The number of furan rings is 2. The van der Waals surface area contributed by atoms with Gasteiger partial charge >= 0.3 is 0 Å². The van der Waals surface area contributed by atoms with Crippen LogP contribution in [0.5, 0.6) is 0 Å². The quantitative estimate of drug-likeness (QED) is 0.181. The highest BCUT2D eigenvalue weighted by molar-refractivity contribution is 7.26. The maximum atomic E-state index is 6.52. The Morgan fingerprint density at radius 1 is 0.385 bits per heavy atom. The first-order valence-corrected chi connectivity index (χ1v) is 18.3. The first kappa shape index (κ1) is 29.1. The normalized spacial score (nSPS) is 11.8. The molecule has 0 aliphatic heterocycles. The molecule has 0 saturated heterocycles. The molecular weight excluding hydrogens is 655 g/mol. The van der Waals surface area contributed by atoms with E-state index < -0.39 is 0 Å². The van der Waals surface area contributed by atoms with Crippen LogP contribution in [0.15, 0.2) is 185 Å². The van der Waals surface area contributed by atoms with Crippen molar-refractivity contribution >= 4 is 92.4 Å². The smallest absolute Gasteiger partial charge is 0.137 e. The lowest BCUT2D eigenvalue weighted by atomic mass is 9.99. The Morgan fingerprint density at radius 2 is 1.08 bits per heavy atom. The number of fused-ring (bicyclic) bond motifs is 9. The summed E-state index contributed by atoms with van der Waals surface area (Å²) >= 11 is 1.86. The van der Waals surface area contributed by atoms with Crippen LogP contribution < -0.4 is 4.90 Å². The molecule has 3 nitrogen and oxygen atoms in total. The lowest BCUT2D eigenvalue weighted by molar-refractivity contribution is 0.668. The van der Waals surface area contributed by atoms with Crippen molar-refractivity contribution in [2.24, 2.45) is 0 Å². The third kappa shape index (κ3) is 4.45. The molecular formula is C48H29NO2S. The van der Waals surface area contributed by atoms with Crippen LogP contribution in [0.1, 0.15) is 0 Å². The van der Waals surface area contributed by atoms with Crippen molar-refractivity contribution in [2.45, 2.75) is 0 Å².